The van der Waals surface area contributed by atoms with Gasteiger partial charge in [0.25, 0.3) is 5.91 Å². The van der Waals surface area contributed by atoms with Crippen molar-refractivity contribution in [3.05, 3.63) is 17.5 Å². The maximum absolute atomic E-state index is 12.4. The number of nitrogens with zero attached hydrogens (tertiary/aromatic N) is 3. The molecular weight excluding hydrogens is 286 g/mol. The minimum absolute atomic E-state index is 0.0990. The molecule has 0 spiro atoms. The fourth-order valence-electron chi connectivity index (χ4n) is 2.94. The van der Waals surface area contributed by atoms with E-state index in [1.165, 1.54) is 0 Å². The number of carbonyl (C=O) groups is 2. The number of likely N-dealkylation sites (tertiary alicyclic amines) is 1. The highest BCUT2D eigenvalue weighted by atomic mass is 16.6. The van der Waals surface area contributed by atoms with Gasteiger partial charge in [0.15, 0.2) is 5.69 Å². The van der Waals surface area contributed by atoms with Gasteiger partial charge in [-0.15, -0.1) is 0 Å². The largest absolute Gasteiger partial charge is 0.448 e. The molecule has 1 aromatic heterocycles. The van der Waals surface area contributed by atoms with Crippen LogP contribution in [0, 0.1) is 0 Å². The maximum Gasteiger partial charge on any atom is 0.410 e. The summed E-state index contributed by atoms with van der Waals surface area (Å²) in [5.74, 6) is 0.831. The second-order valence-corrected chi connectivity index (χ2v) is 6.10. The first-order valence-electron chi connectivity index (χ1n) is 7.75. The highest BCUT2D eigenvalue weighted by Crippen LogP contribution is 2.22. The summed E-state index contributed by atoms with van der Waals surface area (Å²) in [5, 5.41) is 3.87. The molecule has 0 radical (unpaired) electrons. The molecule has 0 N–H and O–H groups in total. The molecule has 2 aliphatic heterocycles. The van der Waals surface area contributed by atoms with Gasteiger partial charge < -0.3 is 19.1 Å². The van der Waals surface area contributed by atoms with Crippen LogP contribution >= 0.6 is 0 Å². The van der Waals surface area contributed by atoms with Gasteiger partial charge in [-0.3, -0.25) is 4.79 Å². The Morgan fingerprint density at radius 2 is 2.05 bits per heavy atom. The summed E-state index contributed by atoms with van der Waals surface area (Å²) >= 11 is 0. The molecule has 22 heavy (non-hydrogen) atoms. The van der Waals surface area contributed by atoms with Gasteiger partial charge >= 0.3 is 6.09 Å². The lowest BCUT2D eigenvalue weighted by Crippen LogP contribution is -2.47. The third-order valence-electron chi connectivity index (χ3n) is 4.30. The highest BCUT2D eigenvalue weighted by Gasteiger charge is 2.34. The van der Waals surface area contributed by atoms with E-state index in [1.54, 1.807) is 15.9 Å². The molecule has 0 bridgehead atoms. The Balaban J connectivity index is 1.58. The topological polar surface area (TPSA) is 75.9 Å². The number of cyclic esters (lactones) is 1. The average Bonchev–Trinajstić information content (AvgIpc) is 3.15. The Kier molecular flexibility index (Phi) is 4.04. The van der Waals surface area contributed by atoms with Crippen LogP contribution in [0.15, 0.2) is 10.6 Å². The highest BCUT2D eigenvalue weighted by molar-refractivity contribution is 5.92. The summed E-state index contributed by atoms with van der Waals surface area (Å²) in [6, 6.07) is 1.89. The number of carbonyl (C=O) groups excluding carboxylic acids is 2. The number of hydrogen-bond acceptors (Lipinski definition) is 5. The van der Waals surface area contributed by atoms with Crippen molar-refractivity contribution in [2.24, 2.45) is 0 Å². The molecule has 0 aromatic carbocycles. The third-order valence-corrected chi connectivity index (χ3v) is 4.30. The number of ether oxygens (including phenoxy) is 1. The smallest absolute Gasteiger partial charge is 0.410 e. The van der Waals surface area contributed by atoms with E-state index in [0.717, 1.165) is 18.6 Å². The summed E-state index contributed by atoms with van der Waals surface area (Å²) in [6.45, 7) is 6.35. The molecule has 1 aromatic rings. The van der Waals surface area contributed by atoms with Crippen molar-refractivity contribution in [2.45, 2.75) is 38.6 Å². The normalized spacial score (nSPS) is 19.9. The summed E-state index contributed by atoms with van der Waals surface area (Å²) in [6.07, 6.45) is 1.31. The monoisotopic (exact) mass is 307 g/mol. The second kappa shape index (κ2) is 5.98. The number of hydrogen-bond donors (Lipinski definition) is 0. The van der Waals surface area contributed by atoms with Crippen LogP contribution < -0.4 is 0 Å². The van der Waals surface area contributed by atoms with Crippen LogP contribution in [0.2, 0.25) is 0 Å². The van der Waals surface area contributed by atoms with Gasteiger partial charge in [0.1, 0.15) is 12.4 Å². The molecule has 0 aliphatic carbocycles. The number of piperidine rings is 1. The minimum Gasteiger partial charge on any atom is -0.448 e. The lowest BCUT2D eigenvalue weighted by Gasteiger charge is -2.35. The Labute approximate surface area is 129 Å². The van der Waals surface area contributed by atoms with Crippen molar-refractivity contribution in [2.75, 3.05) is 26.2 Å². The molecule has 0 unspecified atom stereocenters. The van der Waals surface area contributed by atoms with E-state index < -0.39 is 0 Å². The third kappa shape index (κ3) is 2.80. The molecule has 7 nitrogen and oxygen atoms in total. The van der Waals surface area contributed by atoms with E-state index in [-0.39, 0.29) is 24.0 Å². The van der Waals surface area contributed by atoms with Gasteiger partial charge in [-0.25, -0.2) is 4.79 Å². The van der Waals surface area contributed by atoms with Gasteiger partial charge in [-0.2, -0.15) is 0 Å². The fraction of sp³-hybridized carbons (Fsp3) is 0.667. The first-order chi connectivity index (χ1) is 10.6. The van der Waals surface area contributed by atoms with E-state index in [0.29, 0.717) is 31.9 Å². The van der Waals surface area contributed by atoms with Crippen LogP contribution in [0.25, 0.3) is 0 Å². The van der Waals surface area contributed by atoms with Gasteiger partial charge in [0, 0.05) is 31.1 Å². The Morgan fingerprint density at radius 1 is 1.32 bits per heavy atom. The van der Waals surface area contributed by atoms with Gasteiger partial charge in [-0.05, 0) is 12.8 Å². The van der Waals surface area contributed by atoms with Gasteiger partial charge in [-0.1, -0.05) is 19.0 Å². The van der Waals surface area contributed by atoms with Crippen molar-refractivity contribution in [1.82, 2.24) is 15.0 Å². The Hall–Kier alpha value is -2.05. The first kappa shape index (κ1) is 14.9. The van der Waals surface area contributed by atoms with Crippen molar-refractivity contribution in [3.63, 3.8) is 0 Å². The van der Waals surface area contributed by atoms with Crippen molar-refractivity contribution in [3.8, 4) is 0 Å². The predicted molar refractivity (Wildman–Crippen MR) is 77.6 cm³/mol. The van der Waals surface area contributed by atoms with Crippen molar-refractivity contribution < 1.29 is 18.8 Å². The number of amides is 2. The zero-order valence-electron chi connectivity index (χ0n) is 12.9. The molecule has 2 saturated heterocycles. The summed E-state index contributed by atoms with van der Waals surface area (Å²) in [4.78, 5) is 27.6. The van der Waals surface area contributed by atoms with Crippen LogP contribution in [0.4, 0.5) is 4.79 Å². The summed E-state index contributed by atoms with van der Waals surface area (Å²) < 4.78 is 10.2. The Bertz CT molecular complexity index is 561. The number of aromatic nitrogens is 1. The van der Waals surface area contributed by atoms with Crippen LogP contribution in [-0.2, 0) is 4.74 Å². The molecule has 7 heteroatoms. The van der Waals surface area contributed by atoms with Crippen LogP contribution in [-0.4, -0.2) is 59.2 Å². The van der Waals surface area contributed by atoms with Crippen LogP contribution in [0.5, 0.6) is 0 Å². The zero-order chi connectivity index (χ0) is 15.7. The van der Waals surface area contributed by atoms with E-state index in [2.05, 4.69) is 5.16 Å². The van der Waals surface area contributed by atoms with Crippen molar-refractivity contribution in [1.29, 1.82) is 0 Å². The lowest BCUT2D eigenvalue weighted by atomic mass is 10.0. The average molecular weight is 307 g/mol. The second-order valence-electron chi connectivity index (χ2n) is 6.10. The molecular formula is C15H21N3O4. The molecule has 2 fully saturated rings. The fourth-order valence-corrected chi connectivity index (χ4v) is 2.94. The Morgan fingerprint density at radius 3 is 2.59 bits per heavy atom. The molecule has 120 valence electrons. The lowest BCUT2D eigenvalue weighted by molar-refractivity contribution is 0.0648. The molecule has 3 rings (SSSR count). The molecule has 2 amide bonds. The van der Waals surface area contributed by atoms with E-state index in [1.807, 2.05) is 13.8 Å². The minimum atomic E-state index is -0.233. The summed E-state index contributed by atoms with van der Waals surface area (Å²) in [7, 11) is 0. The van der Waals surface area contributed by atoms with Crippen LogP contribution in [0.3, 0.4) is 0 Å². The zero-order valence-corrected chi connectivity index (χ0v) is 12.9. The quantitative estimate of drug-likeness (QED) is 0.852. The van der Waals surface area contributed by atoms with E-state index >= 15 is 0 Å². The predicted octanol–water partition coefficient (Wildman–Crippen LogP) is 1.85. The first-order valence-corrected chi connectivity index (χ1v) is 7.75. The van der Waals surface area contributed by atoms with Crippen molar-refractivity contribution >= 4 is 12.0 Å². The SMILES string of the molecule is CC(C)c1cc(C(=O)N2CCC(N3CCOC3=O)CC2)no1. The molecule has 0 atom stereocenters. The molecule has 3 heterocycles. The maximum atomic E-state index is 12.4. The van der Waals surface area contributed by atoms with E-state index in [4.69, 9.17) is 9.26 Å². The van der Waals surface area contributed by atoms with E-state index in [9.17, 15) is 9.59 Å². The van der Waals surface area contributed by atoms with Gasteiger partial charge in [0.2, 0.25) is 0 Å². The summed E-state index contributed by atoms with van der Waals surface area (Å²) in [5.41, 5.74) is 0.364. The number of rotatable bonds is 3. The molecule has 2 aliphatic rings. The van der Waals surface area contributed by atoms with Crippen LogP contribution in [0.1, 0.15) is 48.9 Å². The molecule has 0 saturated carbocycles. The standard InChI is InChI=1S/C15H21N3O4/c1-10(2)13-9-12(16-22-13)14(19)17-5-3-11(4-6-17)18-7-8-21-15(18)20/h9-11H,3-8H2,1-2H3. The van der Waals surface area contributed by atoms with Gasteiger partial charge in [0.05, 0.1) is 6.54 Å².